The van der Waals surface area contributed by atoms with Gasteiger partial charge in [-0.2, -0.15) is 25.3 Å². The Morgan fingerprint density at radius 2 is 1.12 bits per heavy atom. The molecule has 0 aromatic carbocycles. The van der Waals surface area contributed by atoms with Gasteiger partial charge in [0.25, 0.3) is 0 Å². The smallest absolute Gasteiger partial charge is 0.0476 e. The van der Waals surface area contributed by atoms with Crippen molar-refractivity contribution in [2.45, 2.75) is 50.0 Å². The minimum Gasteiger partial charge on any atom is -0.381 e. The molecule has 0 aromatic heterocycles. The van der Waals surface area contributed by atoms with Crippen molar-refractivity contribution < 1.29 is 9.47 Å². The van der Waals surface area contributed by atoms with E-state index in [1.807, 2.05) is 0 Å². The van der Waals surface area contributed by atoms with Crippen LogP contribution in [0.3, 0.4) is 0 Å². The van der Waals surface area contributed by atoms with Crippen molar-refractivity contribution in [2.75, 3.05) is 26.4 Å². The number of ether oxygens (including phenoxy) is 2. The summed E-state index contributed by atoms with van der Waals surface area (Å²) in [5.74, 6) is 0. The lowest BCUT2D eigenvalue weighted by atomic mass is 10.3. The van der Waals surface area contributed by atoms with Crippen LogP contribution in [-0.4, -0.2) is 36.9 Å². The van der Waals surface area contributed by atoms with E-state index in [-0.39, 0.29) is 0 Å². The van der Waals surface area contributed by atoms with Gasteiger partial charge in [-0.05, 0) is 25.7 Å². The number of hydrogen-bond acceptors (Lipinski definition) is 4. The van der Waals surface area contributed by atoms with Crippen molar-refractivity contribution in [1.29, 1.82) is 0 Å². The van der Waals surface area contributed by atoms with Gasteiger partial charge < -0.3 is 9.47 Å². The van der Waals surface area contributed by atoms with E-state index in [1.54, 1.807) is 0 Å². The van der Waals surface area contributed by atoms with E-state index in [9.17, 15) is 0 Å². The molecule has 0 aliphatic carbocycles. The number of unbranched alkanes of at least 4 members (excludes halogenated alkanes) is 1. The van der Waals surface area contributed by atoms with E-state index in [0.29, 0.717) is 10.5 Å². The topological polar surface area (TPSA) is 18.5 Å². The Kier molecular flexibility index (Phi) is 12.6. The average Bonchev–Trinajstić information content (AvgIpc) is 2.20. The van der Waals surface area contributed by atoms with Crippen LogP contribution < -0.4 is 0 Å². The van der Waals surface area contributed by atoms with Crippen LogP contribution in [-0.2, 0) is 9.47 Å². The van der Waals surface area contributed by atoms with Gasteiger partial charge in [-0.1, -0.05) is 13.8 Å². The van der Waals surface area contributed by atoms with Gasteiger partial charge in [-0.25, -0.2) is 0 Å². The fourth-order valence-electron chi connectivity index (χ4n) is 1.12. The molecule has 0 rings (SSSR count). The summed E-state index contributed by atoms with van der Waals surface area (Å²) in [7, 11) is 0. The molecule has 0 radical (unpaired) electrons. The predicted octanol–water partition coefficient (Wildman–Crippen LogP) is 3.22. The summed E-state index contributed by atoms with van der Waals surface area (Å²) < 4.78 is 10.9. The van der Waals surface area contributed by atoms with Crippen molar-refractivity contribution >= 4 is 25.3 Å². The monoisotopic (exact) mass is 266 g/mol. The maximum atomic E-state index is 5.47. The molecule has 0 aromatic rings. The first-order valence-electron chi connectivity index (χ1n) is 6.14. The third-order valence-electron chi connectivity index (χ3n) is 2.19. The molecule has 0 saturated carbocycles. The van der Waals surface area contributed by atoms with Crippen LogP contribution >= 0.6 is 25.3 Å². The lowest BCUT2D eigenvalue weighted by molar-refractivity contribution is 0.101. The molecule has 0 spiro atoms. The molecule has 0 aliphatic heterocycles. The third kappa shape index (κ3) is 14.6. The normalized spacial score (nSPS) is 15.0. The summed E-state index contributed by atoms with van der Waals surface area (Å²) in [5, 5.41) is 0.873. The second-order valence-electron chi connectivity index (χ2n) is 4.21. The van der Waals surface area contributed by atoms with E-state index in [4.69, 9.17) is 9.47 Å². The van der Waals surface area contributed by atoms with Crippen LogP contribution in [0.5, 0.6) is 0 Å². The zero-order chi connectivity index (χ0) is 12.2. The van der Waals surface area contributed by atoms with Crippen LogP contribution in [0, 0.1) is 0 Å². The Morgan fingerprint density at radius 3 is 1.44 bits per heavy atom. The molecule has 0 aliphatic rings. The zero-order valence-electron chi connectivity index (χ0n) is 10.5. The lowest BCUT2D eigenvalue weighted by Crippen LogP contribution is -2.05. The molecule has 2 nitrogen and oxygen atoms in total. The van der Waals surface area contributed by atoms with Crippen LogP contribution in [0.15, 0.2) is 0 Å². The second-order valence-corrected chi connectivity index (χ2v) is 5.97. The average molecular weight is 266 g/mol. The van der Waals surface area contributed by atoms with E-state index >= 15 is 0 Å². The third-order valence-corrected chi connectivity index (χ3v) is 2.70. The number of hydrogen-bond donors (Lipinski definition) is 2. The summed E-state index contributed by atoms with van der Waals surface area (Å²) in [4.78, 5) is 0. The van der Waals surface area contributed by atoms with Crippen molar-refractivity contribution in [3.05, 3.63) is 0 Å². The minimum absolute atomic E-state index is 0.437. The highest BCUT2D eigenvalue weighted by Crippen LogP contribution is 2.01. The summed E-state index contributed by atoms with van der Waals surface area (Å²) in [6.07, 6.45) is 4.22. The van der Waals surface area contributed by atoms with Gasteiger partial charge in [0, 0.05) is 36.9 Å². The highest BCUT2D eigenvalue weighted by Gasteiger charge is 1.96. The van der Waals surface area contributed by atoms with Crippen LogP contribution in [0.25, 0.3) is 0 Å². The molecule has 16 heavy (non-hydrogen) atoms. The van der Waals surface area contributed by atoms with E-state index in [0.717, 1.165) is 52.1 Å². The molecule has 2 atom stereocenters. The highest BCUT2D eigenvalue weighted by molar-refractivity contribution is 7.81. The quantitative estimate of drug-likeness (QED) is 0.442. The zero-order valence-corrected chi connectivity index (χ0v) is 12.3. The molecule has 0 N–H and O–H groups in total. The Morgan fingerprint density at radius 1 is 0.750 bits per heavy atom. The maximum absolute atomic E-state index is 5.47. The van der Waals surface area contributed by atoms with Gasteiger partial charge in [0.1, 0.15) is 0 Å². The molecule has 2 unspecified atom stereocenters. The Labute approximate surface area is 111 Å². The van der Waals surface area contributed by atoms with Crippen LogP contribution in [0.1, 0.15) is 39.5 Å². The maximum Gasteiger partial charge on any atom is 0.0476 e. The van der Waals surface area contributed by atoms with Gasteiger partial charge in [-0.15, -0.1) is 0 Å². The Bertz CT molecular complexity index is 125. The van der Waals surface area contributed by atoms with Crippen LogP contribution in [0.4, 0.5) is 0 Å². The summed E-state index contributed by atoms with van der Waals surface area (Å²) in [5.41, 5.74) is 0. The number of rotatable bonds is 11. The van der Waals surface area contributed by atoms with Crippen molar-refractivity contribution in [1.82, 2.24) is 0 Å². The fraction of sp³-hybridized carbons (Fsp3) is 1.00. The van der Waals surface area contributed by atoms with Crippen molar-refractivity contribution in [3.63, 3.8) is 0 Å². The first-order chi connectivity index (χ1) is 7.63. The first kappa shape index (κ1) is 16.6. The predicted molar refractivity (Wildman–Crippen MR) is 77.0 cm³/mol. The SMILES string of the molecule is CC(S)CCOCCCCOCCC(C)S. The van der Waals surface area contributed by atoms with Crippen molar-refractivity contribution in [2.24, 2.45) is 0 Å². The van der Waals surface area contributed by atoms with E-state index < -0.39 is 0 Å². The Hall–Kier alpha value is 0.620. The van der Waals surface area contributed by atoms with Crippen LogP contribution in [0.2, 0.25) is 0 Å². The van der Waals surface area contributed by atoms with Gasteiger partial charge >= 0.3 is 0 Å². The molecular weight excluding hydrogens is 240 g/mol. The first-order valence-corrected chi connectivity index (χ1v) is 7.18. The standard InChI is InChI=1S/C12H26O2S2/c1-11(15)5-9-13-7-3-4-8-14-10-6-12(2)16/h11-12,15-16H,3-10H2,1-2H3. The largest absolute Gasteiger partial charge is 0.381 e. The molecular formula is C12H26O2S2. The molecule has 0 heterocycles. The Balaban J connectivity index is 2.93. The number of thiol groups is 2. The molecule has 0 fully saturated rings. The van der Waals surface area contributed by atoms with E-state index in [1.165, 1.54) is 0 Å². The fourth-order valence-corrected chi connectivity index (χ4v) is 1.33. The molecule has 0 amide bonds. The van der Waals surface area contributed by atoms with E-state index in [2.05, 4.69) is 39.1 Å². The molecule has 0 bridgehead atoms. The second kappa shape index (κ2) is 12.1. The van der Waals surface area contributed by atoms with Gasteiger partial charge in [0.2, 0.25) is 0 Å². The van der Waals surface area contributed by atoms with Gasteiger partial charge in [0.05, 0.1) is 0 Å². The lowest BCUT2D eigenvalue weighted by Gasteiger charge is -2.07. The molecule has 4 heteroatoms. The molecule has 98 valence electrons. The highest BCUT2D eigenvalue weighted by atomic mass is 32.1. The van der Waals surface area contributed by atoms with Gasteiger partial charge in [-0.3, -0.25) is 0 Å². The molecule has 0 saturated heterocycles. The summed E-state index contributed by atoms with van der Waals surface area (Å²) >= 11 is 8.58. The summed E-state index contributed by atoms with van der Waals surface area (Å²) in [6.45, 7) is 7.50. The van der Waals surface area contributed by atoms with Gasteiger partial charge in [0.15, 0.2) is 0 Å². The minimum atomic E-state index is 0.437. The van der Waals surface area contributed by atoms with Crippen molar-refractivity contribution in [3.8, 4) is 0 Å². The summed E-state index contributed by atoms with van der Waals surface area (Å²) in [6, 6.07) is 0.